The third-order valence-electron chi connectivity index (χ3n) is 3.21. The molecule has 0 unspecified atom stereocenters. The van der Waals surface area contributed by atoms with E-state index in [1.165, 1.54) is 0 Å². The number of Topliss-reactive ketones (excluding diaryl/α,β-unsaturated/α-hetero) is 1. The molecule has 0 heterocycles. The number of benzene rings is 1. The minimum atomic E-state index is 0.245. The minimum Gasteiger partial charge on any atom is -0.494 e. The van der Waals surface area contributed by atoms with Crippen molar-refractivity contribution in [1.29, 1.82) is 0 Å². The predicted octanol–water partition coefficient (Wildman–Crippen LogP) is 2.95. The molecule has 3 heteroatoms. The van der Waals surface area contributed by atoms with E-state index in [4.69, 9.17) is 4.74 Å². The van der Waals surface area contributed by atoms with Crippen molar-refractivity contribution in [3.63, 3.8) is 0 Å². The van der Waals surface area contributed by atoms with E-state index < -0.39 is 0 Å². The number of fused-ring (bicyclic) bond motifs is 1. The molecule has 0 atom stereocenters. The molecule has 18 heavy (non-hydrogen) atoms. The van der Waals surface area contributed by atoms with Crippen LogP contribution in [0.3, 0.4) is 0 Å². The van der Waals surface area contributed by atoms with Gasteiger partial charge in [0.15, 0.2) is 5.78 Å². The lowest BCUT2D eigenvalue weighted by Gasteiger charge is -2.09. The number of aldehydes is 1. The van der Waals surface area contributed by atoms with Crippen LogP contribution in [-0.4, -0.2) is 18.7 Å². The van der Waals surface area contributed by atoms with Crippen molar-refractivity contribution in [3.05, 3.63) is 29.3 Å². The lowest BCUT2D eigenvalue weighted by Crippen LogP contribution is -2.02. The Morgan fingerprint density at radius 2 is 2.06 bits per heavy atom. The molecular formula is C15H18O3. The summed E-state index contributed by atoms with van der Waals surface area (Å²) in [6.45, 7) is 0.547. The van der Waals surface area contributed by atoms with Gasteiger partial charge in [0.25, 0.3) is 0 Å². The first-order chi connectivity index (χ1) is 8.81. The van der Waals surface area contributed by atoms with Gasteiger partial charge in [-0.05, 0) is 49.4 Å². The van der Waals surface area contributed by atoms with Crippen LogP contribution in [0.1, 0.15) is 48.0 Å². The number of aryl methyl sites for hydroxylation is 1. The molecule has 1 aliphatic carbocycles. The number of ketones is 1. The smallest absolute Gasteiger partial charge is 0.163 e. The lowest BCUT2D eigenvalue weighted by molar-refractivity contribution is -0.108. The van der Waals surface area contributed by atoms with Crippen molar-refractivity contribution >= 4 is 12.1 Å². The zero-order valence-electron chi connectivity index (χ0n) is 10.5. The van der Waals surface area contributed by atoms with Crippen LogP contribution in [0.4, 0.5) is 0 Å². The Labute approximate surface area is 107 Å². The van der Waals surface area contributed by atoms with Crippen LogP contribution in [0, 0.1) is 0 Å². The molecule has 0 N–H and O–H groups in total. The maximum Gasteiger partial charge on any atom is 0.163 e. The van der Waals surface area contributed by atoms with Gasteiger partial charge in [0.1, 0.15) is 12.0 Å². The summed E-state index contributed by atoms with van der Waals surface area (Å²) in [4.78, 5) is 22.0. The maximum absolute atomic E-state index is 11.8. The summed E-state index contributed by atoms with van der Waals surface area (Å²) in [5.74, 6) is 1.05. The topological polar surface area (TPSA) is 43.4 Å². The quantitative estimate of drug-likeness (QED) is 0.456. The molecule has 0 bridgehead atoms. The largest absolute Gasteiger partial charge is 0.494 e. The highest BCUT2D eigenvalue weighted by Gasteiger charge is 2.15. The predicted molar refractivity (Wildman–Crippen MR) is 69.1 cm³/mol. The minimum absolute atomic E-state index is 0.245. The molecule has 0 spiro atoms. The first kappa shape index (κ1) is 12.8. The molecule has 0 fully saturated rings. The van der Waals surface area contributed by atoms with Gasteiger partial charge in [0, 0.05) is 18.4 Å². The van der Waals surface area contributed by atoms with Crippen molar-refractivity contribution in [1.82, 2.24) is 0 Å². The van der Waals surface area contributed by atoms with Crippen LogP contribution in [0.2, 0.25) is 0 Å². The van der Waals surface area contributed by atoms with Crippen LogP contribution >= 0.6 is 0 Å². The van der Waals surface area contributed by atoms with Gasteiger partial charge in [-0.2, -0.15) is 0 Å². The summed E-state index contributed by atoms with van der Waals surface area (Å²) in [6, 6.07) is 5.69. The van der Waals surface area contributed by atoms with Crippen LogP contribution in [0.25, 0.3) is 0 Å². The van der Waals surface area contributed by atoms with Crippen molar-refractivity contribution in [2.24, 2.45) is 0 Å². The summed E-state index contributed by atoms with van der Waals surface area (Å²) < 4.78 is 5.58. The molecule has 0 amide bonds. The summed E-state index contributed by atoms with van der Waals surface area (Å²) in [6.07, 6.45) is 5.82. The molecule has 2 rings (SSSR count). The molecule has 1 aromatic carbocycles. The van der Waals surface area contributed by atoms with Crippen LogP contribution in [0.5, 0.6) is 5.75 Å². The van der Waals surface area contributed by atoms with Gasteiger partial charge < -0.3 is 9.53 Å². The fourth-order valence-electron chi connectivity index (χ4n) is 2.23. The van der Waals surface area contributed by atoms with E-state index in [1.54, 1.807) is 0 Å². The van der Waals surface area contributed by atoms with E-state index in [-0.39, 0.29) is 5.78 Å². The highest BCUT2D eigenvalue weighted by atomic mass is 16.5. The van der Waals surface area contributed by atoms with Crippen molar-refractivity contribution in [2.45, 2.75) is 38.5 Å². The van der Waals surface area contributed by atoms with Crippen molar-refractivity contribution in [3.8, 4) is 5.75 Å². The van der Waals surface area contributed by atoms with Gasteiger partial charge in [-0.3, -0.25) is 4.79 Å². The highest BCUT2D eigenvalue weighted by molar-refractivity contribution is 5.97. The molecule has 1 aromatic rings. The van der Waals surface area contributed by atoms with E-state index in [2.05, 4.69) is 0 Å². The second-order valence-electron chi connectivity index (χ2n) is 4.61. The Morgan fingerprint density at radius 3 is 2.89 bits per heavy atom. The number of ether oxygens (including phenoxy) is 1. The van der Waals surface area contributed by atoms with Crippen LogP contribution in [0.15, 0.2) is 18.2 Å². The normalized spacial score (nSPS) is 14.8. The Balaban J connectivity index is 2.04. The summed E-state index contributed by atoms with van der Waals surface area (Å²) in [5, 5.41) is 0. The van der Waals surface area contributed by atoms with Gasteiger partial charge in [-0.15, -0.1) is 0 Å². The average Bonchev–Trinajstić information content (AvgIpc) is 2.57. The van der Waals surface area contributed by atoms with Gasteiger partial charge in [0.2, 0.25) is 0 Å². The zero-order valence-corrected chi connectivity index (χ0v) is 10.5. The van der Waals surface area contributed by atoms with Gasteiger partial charge in [-0.1, -0.05) is 0 Å². The number of hydrogen-bond donors (Lipinski definition) is 0. The number of rotatable bonds is 5. The van der Waals surface area contributed by atoms with Gasteiger partial charge in [-0.25, -0.2) is 0 Å². The standard InChI is InChI=1S/C15H18O3/c16-9-3-4-10-18-13-7-8-14-12(11-13)5-1-2-6-15(14)17/h7-9,11H,1-6,10H2. The molecule has 3 nitrogen and oxygen atoms in total. The molecule has 0 saturated carbocycles. The second-order valence-corrected chi connectivity index (χ2v) is 4.61. The van der Waals surface area contributed by atoms with E-state index in [9.17, 15) is 9.59 Å². The highest BCUT2D eigenvalue weighted by Crippen LogP contribution is 2.24. The summed E-state index contributed by atoms with van der Waals surface area (Å²) in [7, 11) is 0. The second kappa shape index (κ2) is 6.34. The van der Waals surface area contributed by atoms with Gasteiger partial charge in [0.05, 0.1) is 6.61 Å². The number of unbranched alkanes of at least 4 members (excludes halogenated alkanes) is 1. The molecule has 1 aliphatic rings. The lowest BCUT2D eigenvalue weighted by atomic mass is 10.0. The molecule has 96 valence electrons. The van der Waals surface area contributed by atoms with E-state index in [1.807, 2.05) is 18.2 Å². The molecule has 0 radical (unpaired) electrons. The molecule has 0 aromatic heterocycles. The third kappa shape index (κ3) is 3.19. The number of carbonyl (C=O) groups excluding carboxylic acids is 2. The summed E-state index contributed by atoms with van der Waals surface area (Å²) in [5.41, 5.74) is 1.96. The Kier molecular flexibility index (Phi) is 4.51. The van der Waals surface area contributed by atoms with Crippen LogP contribution < -0.4 is 4.74 Å². The number of hydrogen-bond acceptors (Lipinski definition) is 3. The summed E-state index contributed by atoms with van der Waals surface area (Å²) >= 11 is 0. The van der Waals surface area contributed by atoms with E-state index >= 15 is 0 Å². The fourth-order valence-corrected chi connectivity index (χ4v) is 2.23. The number of carbonyl (C=O) groups is 2. The zero-order chi connectivity index (χ0) is 12.8. The SMILES string of the molecule is O=CCCCOc1ccc2c(c1)CCCCC2=O. The van der Waals surface area contributed by atoms with Crippen molar-refractivity contribution < 1.29 is 14.3 Å². The molecule has 0 saturated heterocycles. The molecular weight excluding hydrogens is 228 g/mol. The van der Waals surface area contributed by atoms with Crippen molar-refractivity contribution in [2.75, 3.05) is 6.61 Å². The van der Waals surface area contributed by atoms with E-state index in [0.717, 1.165) is 48.8 Å². The van der Waals surface area contributed by atoms with Crippen LogP contribution in [-0.2, 0) is 11.2 Å². The Hall–Kier alpha value is -1.64. The Morgan fingerprint density at radius 1 is 1.22 bits per heavy atom. The first-order valence-electron chi connectivity index (χ1n) is 6.54. The molecule has 0 aliphatic heterocycles. The maximum atomic E-state index is 11.8. The first-order valence-corrected chi connectivity index (χ1v) is 6.54. The average molecular weight is 246 g/mol. The Bertz CT molecular complexity index is 437. The van der Waals surface area contributed by atoms with Gasteiger partial charge >= 0.3 is 0 Å². The third-order valence-corrected chi connectivity index (χ3v) is 3.21. The monoisotopic (exact) mass is 246 g/mol. The fraction of sp³-hybridized carbons (Fsp3) is 0.467. The van der Waals surface area contributed by atoms with E-state index in [0.29, 0.717) is 19.4 Å².